The highest BCUT2D eigenvalue weighted by atomic mass is 16.6. The number of carbonyl (C=O) groups is 1. The van der Waals surface area contributed by atoms with Gasteiger partial charge in [0.15, 0.2) is 0 Å². The highest BCUT2D eigenvalue weighted by Crippen LogP contribution is 2.19. The summed E-state index contributed by atoms with van der Waals surface area (Å²) in [5.74, 6) is -0.285. The first-order valence-corrected chi connectivity index (χ1v) is 6.30. The molecule has 1 aromatic rings. The molecule has 0 heterocycles. The van der Waals surface area contributed by atoms with E-state index < -0.39 is 4.92 Å². The van der Waals surface area contributed by atoms with Crippen molar-refractivity contribution in [2.45, 2.75) is 19.9 Å². The highest BCUT2D eigenvalue weighted by Gasteiger charge is 2.14. The molecule has 0 saturated carbocycles. The largest absolute Gasteiger partial charge is 0.395 e. The average Bonchev–Trinajstić information content (AvgIpc) is 2.42. The smallest absolute Gasteiger partial charge is 0.276 e. The number of aliphatic hydroxyl groups excluding tert-OH is 1. The Kier molecular flexibility index (Phi) is 5.86. The van der Waals surface area contributed by atoms with E-state index in [1.165, 1.54) is 23.1 Å². The zero-order valence-electron chi connectivity index (χ0n) is 11.5. The van der Waals surface area contributed by atoms with Crippen molar-refractivity contribution in [3.8, 4) is 0 Å². The zero-order chi connectivity index (χ0) is 15.1. The molecule has 0 bridgehead atoms. The Morgan fingerprint density at radius 3 is 2.65 bits per heavy atom. The predicted molar refractivity (Wildman–Crippen MR) is 76.1 cm³/mol. The molecule has 108 valence electrons. The van der Waals surface area contributed by atoms with E-state index >= 15 is 0 Å². The summed E-state index contributed by atoms with van der Waals surface area (Å²) in [6.45, 7) is 3.79. The van der Waals surface area contributed by atoms with Crippen LogP contribution in [0.3, 0.4) is 0 Å². The van der Waals surface area contributed by atoms with Gasteiger partial charge in [0.25, 0.3) is 5.69 Å². The van der Waals surface area contributed by atoms with Crippen molar-refractivity contribution in [3.05, 3.63) is 46.0 Å². The Labute approximate surface area is 117 Å². The molecule has 1 aromatic carbocycles. The second kappa shape index (κ2) is 7.40. The normalized spacial score (nSPS) is 11.0. The van der Waals surface area contributed by atoms with E-state index in [2.05, 4.69) is 0 Å². The zero-order valence-corrected chi connectivity index (χ0v) is 11.5. The molecule has 0 fully saturated rings. The molecule has 0 aliphatic carbocycles. The lowest BCUT2D eigenvalue weighted by molar-refractivity contribution is -0.385. The van der Waals surface area contributed by atoms with Gasteiger partial charge >= 0.3 is 0 Å². The maximum absolute atomic E-state index is 12.0. The number of para-hydroxylation sites is 1. The molecule has 6 heteroatoms. The van der Waals surface area contributed by atoms with Crippen molar-refractivity contribution in [3.63, 3.8) is 0 Å². The maximum atomic E-state index is 12.0. The molecule has 0 aliphatic heterocycles. The van der Waals surface area contributed by atoms with E-state index in [1.807, 2.05) is 13.8 Å². The van der Waals surface area contributed by atoms with E-state index in [-0.39, 0.29) is 30.8 Å². The van der Waals surface area contributed by atoms with E-state index in [0.29, 0.717) is 5.56 Å². The van der Waals surface area contributed by atoms with E-state index in [4.69, 9.17) is 5.11 Å². The molecule has 6 nitrogen and oxygen atoms in total. The van der Waals surface area contributed by atoms with Gasteiger partial charge in [-0.05, 0) is 26.0 Å². The summed E-state index contributed by atoms with van der Waals surface area (Å²) < 4.78 is 0. The quantitative estimate of drug-likeness (QED) is 0.489. The van der Waals surface area contributed by atoms with Crippen molar-refractivity contribution < 1.29 is 14.8 Å². The summed E-state index contributed by atoms with van der Waals surface area (Å²) in [5.41, 5.74) is 0.327. The molecule has 0 unspecified atom stereocenters. The van der Waals surface area contributed by atoms with Crippen molar-refractivity contribution in [2.75, 3.05) is 13.2 Å². The SMILES string of the molecule is CC(C)N(CCO)C(=O)/C=C/c1ccccc1[N+](=O)[O-]. The summed E-state index contributed by atoms with van der Waals surface area (Å²) in [7, 11) is 0. The number of hydrogen-bond acceptors (Lipinski definition) is 4. The number of nitrogens with zero attached hydrogens (tertiary/aromatic N) is 2. The fraction of sp³-hybridized carbons (Fsp3) is 0.357. The summed E-state index contributed by atoms with van der Waals surface area (Å²) in [4.78, 5) is 23.8. The van der Waals surface area contributed by atoms with Gasteiger partial charge in [-0.25, -0.2) is 0 Å². The fourth-order valence-corrected chi connectivity index (χ4v) is 1.78. The minimum absolute atomic E-state index is 0.0465. The Balaban J connectivity index is 2.92. The van der Waals surface area contributed by atoms with Crippen LogP contribution in [-0.4, -0.2) is 40.0 Å². The second-order valence-corrected chi connectivity index (χ2v) is 4.50. The van der Waals surface area contributed by atoms with Crippen LogP contribution in [0.1, 0.15) is 19.4 Å². The van der Waals surface area contributed by atoms with Gasteiger partial charge < -0.3 is 10.0 Å². The highest BCUT2D eigenvalue weighted by molar-refractivity contribution is 5.92. The number of amides is 1. The number of aliphatic hydroxyl groups is 1. The molecule has 0 aliphatic rings. The minimum atomic E-state index is -0.488. The number of nitro groups is 1. The van der Waals surface area contributed by atoms with Crippen LogP contribution in [0.5, 0.6) is 0 Å². The second-order valence-electron chi connectivity index (χ2n) is 4.50. The Morgan fingerprint density at radius 2 is 2.10 bits per heavy atom. The van der Waals surface area contributed by atoms with Crippen molar-refractivity contribution in [2.24, 2.45) is 0 Å². The number of rotatable bonds is 6. The lowest BCUT2D eigenvalue weighted by atomic mass is 10.1. The number of nitro benzene ring substituents is 1. The molecule has 0 saturated heterocycles. The molecule has 0 spiro atoms. The van der Waals surface area contributed by atoms with Crippen LogP contribution in [0.2, 0.25) is 0 Å². The standard InChI is InChI=1S/C14H18N2O4/c1-11(2)15(9-10-17)14(18)8-7-12-5-3-4-6-13(12)16(19)20/h3-8,11,17H,9-10H2,1-2H3/b8-7+. The fourth-order valence-electron chi connectivity index (χ4n) is 1.78. The topological polar surface area (TPSA) is 83.7 Å². The summed E-state index contributed by atoms with van der Waals surface area (Å²) >= 11 is 0. The molecule has 20 heavy (non-hydrogen) atoms. The van der Waals surface area contributed by atoms with E-state index in [1.54, 1.807) is 18.2 Å². The third-order valence-electron chi connectivity index (χ3n) is 2.79. The van der Waals surface area contributed by atoms with Crippen molar-refractivity contribution in [1.29, 1.82) is 0 Å². The Bertz CT molecular complexity index is 512. The molecule has 0 atom stereocenters. The monoisotopic (exact) mass is 278 g/mol. The lowest BCUT2D eigenvalue weighted by Gasteiger charge is -2.24. The van der Waals surface area contributed by atoms with Crippen LogP contribution >= 0.6 is 0 Å². The first-order valence-electron chi connectivity index (χ1n) is 6.30. The van der Waals surface area contributed by atoms with E-state index in [9.17, 15) is 14.9 Å². The van der Waals surface area contributed by atoms with Crippen LogP contribution in [0.25, 0.3) is 6.08 Å². The van der Waals surface area contributed by atoms with Gasteiger partial charge in [0.05, 0.1) is 17.1 Å². The van der Waals surface area contributed by atoms with Gasteiger partial charge in [-0.15, -0.1) is 0 Å². The lowest BCUT2D eigenvalue weighted by Crippen LogP contribution is -2.37. The van der Waals surface area contributed by atoms with Crippen LogP contribution < -0.4 is 0 Å². The van der Waals surface area contributed by atoms with Crippen LogP contribution in [0, 0.1) is 10.1 Å². The maximum Gasteiger partial charge on any atom is 0.276 e. The summed E-state index contributed by atoms with van der Waals surface area (Å²) in [6, 6.07) is 6.16. The Morgan fingerprint density at radius 1 is 1.45 bits per heavy atom. The van der Waals surface area contributed by atoms with Gasteiger partial charge in [0.2, 0.25) is 5.91 Å². The minimum Gasteiger partial charge on any atom is -0.395 e. The van der Waals surface area contributed by atoms with Gasteiger partial charge in [-0.1, -0.05) is 12.1 Å². The number of carbonyl (C=O) groups excluding carboxylic acids is 1. The third kappa shape index (κ3) is 4.17. The molecular weight excluding hydrogens is 260 g/mol. The van der Waals surface area contributed by atoms with Crippen LogP contribution in [-0.2, 0) is 4.79 Å². The van der Waals surface area contributed by atoms with Gasteiger partial charge in [0.1, 0.15) is 0 Å². The third-order valence-corrected chi connectivity index (χ3v) is 2.79. The van der Waals surface area contributed by atoms with Gasteiger partial charge in [-0.3, -0.25) is 14.9 Å². The number of benzene rings is 1. The molecule has 1 N–H and O–H groups in total. The van der Waals surface area contributed by atoms with E-state index in [0.717, 1.165) is 0 Å². The Hall–Kier alpha value is -2.21. The van der Waals surface area contributed by atoms with Gasteiger partial charge in [0, 0.05) is 24.7 Å². The van der Waals surface area contributed by atoms with Crippen LogP contribution in [0.4, 0.5) is 5.69 Å². The van der Waals surface area contributed by atoms with Crippen LogP contribution in [0.15, 0.2) is 30.3 Å². The van der Waals surface area contributed by atoms with Crippen molar-refractivity contribution in [1.82, 2.24) is 4.90 Å². The summed E-state index contributed by atoms with van der Waals surface area (Å²) in [6.07, 6.45) is 2.71. The predicted octanol–water partition coefficient (Wildman–Crippen LogP) is 1.84. The summed E-state index contributed by atoms with van der Waals surface area (Å²) in [5, 5.41) is 19.8. The first-order chi connectivity index (χ1) is 9.47. The first kappa shape index (κ1) is 15.8. The van der Waals surface area contributed by atoms with Crippen molar-refractivity contribution >= 4 is 17.7 Å². The average molecular weight is 278 g/mol. The van der Waals surface area contributed by atoms with Gasteiger partial charge in [-0.2, -0.15) is 0 Å². The number of hydrogen-bond donors (Lipinski definition) is 1. The molecular formula is C14H18N2O4. The molecule has 1 rings (SSSR count). The molecule has 0 aromatic heterocycles. The molecule has 0 radical (unpaired) electrons. The molecule has 1 amide bonds.